The van der Waals surface area contributed by atoms with Crippen LogP contribution in [0.5, 0.6) is 0 Å². The van der Waals surface area contributed by atoms with E-state index in [1.54, 1.807) is 0 Å². The highest BCUT2D eigenvalue weighted by atomic mass is 31.2. The number of carbonyl (C=O) groups is 2. The number of phosphoric ester groups is 1. The summed E-state index contributed by atoms with van der Waals surface area (Å²) >= 11 is 0. The minimum absolute atomic E-state index is 0.0196. The molecule has 0 saturated carbocycles. The number of allylic oxidation sites excluding steroid dienone is 10. The van der Waals surface area contributed by atoms with Gasteiger partial charge in [-0.15, -0.1) is 0 Å². The first-order valence-electron chi connectivity index (χ1n) is 22.0. The lowest BCUT2D eigenvalue weighted by Crippen LogP contribution is -2.37. The lowest BCUT2D eigenvalue weighted by Gasteiger charge is -2.24. The summed E-state index contributed by atoms with van der Waals surface area (Å²) in [6.07, 6.45) is 45.6. The molecule has 0 saturated heterocycles. The molecule has 324 valence electrons. The molecule has 0 aliphatic rings. The molecule has 1 unspecified atom stereocenters. The molecule has 0 aliphatic heterocycles. The molecule has 9 nitrogen and oxygen atoms in total. The zero-order valence-corrected chi connectivity index (χ0v) is 37.2. The third-order valence-electron chi connectivity index (χ3n) is 9.06. The highest BCUT2D eigenvalue weighted by molar-refractivity contribution is 7.47. The first-order valence-corrected chi connectivity index (χ1v) is 23.5. The van der Waals surface area contributed by atoms with Crippen LogP contribution < -0.4 is 0 Å². The molecule has 0 radical (unpaired) electrons. The number of ether oxygens (including phenoxy) is 2. The molecule has 0 spiro atoms. The third-order valence-corrected chi connectivity index (χ3v) is 10.0. The van der Waals surface area contributed by atoms with Gasteiger partial charge in [0.25, 0.3) is 0 Å². The van der Waals surface area contributed by atoms with Crippen molar-refractivity contribution in [2.45, 2.75) is 174 Å². The van der Waals surface area contributed by atoms with E-state index >= 15 is 0 Å². The fraction of sp³-hybridized carbons (Fsp3) is 0.739. The Hall–Kier alpha value is -2.29. The number of rotatable bonds is 39. The normalized spacial score (nSPS) is 14.2. The third kappa shape index (κ3) is 41.3. The Morgan fingerprint density at radius 2 is 1.02 bits per heavy atom. The zero-order chi connectivity index (χ0) is 41.4. The van der Waals surface area contributed by atoms with Crippen LogP contribution in [0.3, 0.4) is 0 Å². The Morgan fingerprint density at radius 1 is 0.571 bits per heavy atom. The molecule has 1 N–H and O–H groups in total. The molecule has 0 aromatic carbocycles. The summed E-state index contributed by atoms with van der Waals surface area (Å²) in [5, 5.41) is 0. The van der Waals surface area contributed by atoms with Crippen LogP contribution in [-0.2, 0) is 32.7 Å². The van der Waals surface area contributed by atoms with Crippen LogP contribution in [0.2, 0.25) is 0 Å². The Morgan fingerprint density at radius 3 is 1.50 bits per heavy atom. The standard InChI is InChI=1S/C46H82NO8P/c1-6-8-10-12-14-16-18-20-22-23-25-27-29-31-33-35-37-39-46(49)55-44(43-54-56(50,51)53-41-40-47(3,4)5)42-52-45(48)38-36-34-32-30-28-26-24-21-19-17-15-13-11-9-7-2/h8,10,14,16,20,22,25,27,31,33,44H,6-7,9,11-13,15,17-19,21,23-24,26,28-30,32,34-43H2,1-5H3/p+1/b10-8+,16-14+,22-20+,27-25+,33-31+/t44-/m1/s1. The topological polar surface area (TPSA) is 108 Å². The van der Waals surface area contributed by atoms with Gasteiger partial charge in [0, 0.05) is 12.8 Å². The Labute approximate surface area is 343 Å². The van der Waals surface area contributed by atoms with Gasteiger partial charge in [-0.2, -0.15) is 0 Å². The van der Waals surface area contributed by atoms with Gasteiger partial charge in [0.2, 0.25) is 0 Å². The van der Waals surface area contributed by atoms with Crippen molar-refractivity contribution in [3.05, 3.63) is 60.8 Å². The summed E-state index contributed by atoms with van der Waals surface area (Å²) in [6, 6.07) is 0. The van der Waals surface area contributed by atoms with Crippen LogP contribution in [0.1, 0.15) is 168 Å². The average Bonchev–Trinajstić information content (AvgIpc) is 3.15. The maximum atomic E-state index is 12.7. The van der Waals surface area contributed by atoms with Crippen LogP contribution in [0.15, 0.2) is 60.8 Å². The summed E-state index contributed by atoms with van der Waals surface area (Å²) < 4.78 is 34.2. The van der Waals surface area contributed by atoms with Crippen LogP contribution >= 0.6 is 7.82 Å². The zero-order valence-electron chi connectivity index (χ0n) is 36.3. The van der Waals surface area contributed by atoms with Crippen LogP contribution in [0, 0.1) is 0 Å². The second-order valence-corrected chi connectivity index (χ2v) is 17.2. The van der Waals surface area contributed by atoms with Crippen molar-refractivity contribution >= 4 is 19.8 Å². The summed E-state index contributed by atoms with van der Waals surface area (Å²) in [7, 11) is 1.44. The number of nitrogens with zero attached hydrogens (tertiary/aromatic N) is 1. The van der Waals surface area contributed by atoms with E-state index < -0.39 is 26.5 Å². The van der Waals surface area contributed by atoms with E-state index in [1.807, 2.05) is 27.2 Å². The molecule has 0 aromatic rings. The highest BCUT2D eigenvalue weighted by Crippen LogP contribution is 2.43. The molecule has 0 aromatic heterocycles. The Bertz CT molecular complexity index is 1140. The van der Waals surface area contributed by atoms with E-state index in [0.717, 1.165) is 51.4 Å². The van der Waals surface area contributed by atoms with Gasteiger partial charge < -0.3 is 18.9 Å². The van der Waals surface area contributed by atoms with Gasteiger partial charge in [0.15, 0.2) is 6.10 Å². The largest absolute Gasteiger partial charge is 0.472 e. The number of carbonyl (C=O) groups excluding carboxylic acids is 2. The van der Waals surface area contributed by atoms with E-state index in [-0.39, 0.29) is 32.0 Å². The van der Waals surface area contributed by atoms with Gasteiger partial charge in [-0.3, -0.25) is 18.6 Å². The summed E-state index contributed by atoms with van der Waals surface area (Å²) in [5.41, 5.74) is 0. The van der Waals surface area contributed by atoms with E-state index in [0.29, 0.717) is 23.9 Å². The molecule has 0 heterocycles. The van der Waals surface area contributed by atoms with Crippen molar-refractivity contribution in [3.8, 4) is 0 Å². The van der Waals surface area contributed by atoms with Gasteiger partial charge >= 0.3 is 19.8 Å². The van der Waals surface area contributed by atoms with Gasteiger partial charge in [-0.25, -0.2) is 4.57 Å². The van der Waals surface area contributed by atoms with E-state index in [2.05, 4.69) is 68.5 Å². The quantitative estimate of drug-likeness (QED) is 0.0215. The number of esters is 2. The number of likely N-dealkylation sites (N-methyl/N-ethyl adjacent to an activating group) is 1. The average molecular weight is 809 g/mol. The first kappa shape index (κ1) is 53.7. The van der Waals surface area contributed by atoms with Gasteiger partial charge in [0.1, 0.15) is 19.8 Å². The molecule has 0 aliphatic carbocycles. The molecule has 10 heteroatoms. The lowest BCUT2D eigenvalue weighted by atomic mass is 10.0. The van der Waals surface area contributed by atoms with Crippen molar-refractivity contribution in [1.82, 2.24) is 0 Å². The SMILES string of the molecule is CC/C=C/C/C=C/C/C=C/C/C=C/C/C=C/CCCC(=O)O[C@H](COC(=O)CCCCCCCCCCCCCCCCC)COP(=O)(O)OCC[N+](C)(C)C. The van der Waals surface area contributed by atoms with Crippen molar-refractivity contribution in [2.75, 3.05) is 47.5 Å². The fourth-order valence-electron chi connectivity index (χ4n) is 5.64. The maximum absolute atomic E-state index is 12.7. The van der Waals surface area contributed by atoms with Gasteiger partial charge in [-0.05, 0) is 51.4 Å². The number of hydrogen-bond acceptors (Lipinski definition) is 7. The molecule has 2 atom stereocenters. The van der Waals surface area contributed by atoms with E-state index in [1.165, 1.54) is 77.0 Å². The molecule has 0 bridgehead atoms. The lowest BCUT2D eigenvalue weighted by molar-refractivity contribution is -0.870. The van der Waals surface area contributed by atoms with Crippen molar-refractivity contribution < 1.29 is 42.1 Å². The Kier molecular flexibility index (Phi) is 36.7. The summed E-state index contributed by atoms with van der Waals surface area (Å²) in [4.78, 5) is 35.3. The number of unbranched alkanes of at least 4 members (excludes halogenated alkanes) is 15. The molecule has 56 heavy (non-hydrogen) atoms. The molecular formula is C46H83NO8P+. The number of quaternary nitrogens is 1. The molecule has 0 rings (SSSR count). The molecule has 0 amide bonds. The van der Waals surface area contributed by atoms with Crippen molar-refractivity contribution in [2.24, 2.45) is 0 Å². The van der Waals surface area contributed by atoms with Gasteiger partial charge in [0.05, 0.1) is 27.7 Å². The molecule has 0 fully saturated rings. The second kappa shape index (κ2) is 38.2. The second-order valence-electron chi connectivity index (χ2n) is 15.7. The Balaban J connectivity index is 4.46. The number of hydrogen-bond donors (Lipinski definition) is 1. The minimum atomic E-state index is -4.39. The maximum Gasteiger partial charge on any atom is 0.472 e. The van der Waals surface area contributed by atoms with E-state index in [9.17, 15) is 19.0 Å². The van der Waals surface area contributed by atoms with E-state index in [4.69, 9.17) is 18.5 Å². The smallest absolute Gasteiger partial charge is 0.462 e. The fourth-order valence-corrected chi connectivity index (χ4v) is 6.38. The highest BCUT2D eigenvalue weighted by Gasteiger charge is 2.27. The monoisotopic (exact) mass is 809 g/mol. The van der Waals surface area contributed by atoms with Crippen LogP contribution in [0.25, 0.3) is 0 Å². The predicted octanol–water partition coefficient (Wildman–Crippen LogP) is 12.5. The first-order chi connectivity index (χ1) is 27.0. The van der Waals surface area contributed by atoms with Crippen LogP contribution in [-0.4, -0.2) is 74.9 Å². The van der Waals surface area contributed by atoms with Crippen molar-refractivity contribution in [3.63, 3.8) is 0 Å². The van der Waals surface area contributed by atoms with Crippen molar-refractivity contribution in [1.29, 1.82) is 0 Å². The van der Waals surface area contributed by atoms with Gasteiger partial charge in [-0.1, -0.05) is 164 Å². The predicted molar refractivity (Wildman–Crippen MR) is 233 cm³/mol. The summed E-state index contributed by atoms with van der Waals surface area (Å²) in [5.74, 6) is -0.867. The molecular weight excluding hydrogens is 725 g/mol. The summed E-state index contributed by atoms with van der Waals surface area (Å²) in [6.45, 7) is 4.24. The number of phosphoric acid groups is 1. The van der Waals surface area contributed by atoms with Crippen LogP contribution in [0.4, 0.5) is 0 Å². The minimum Gasteiger partial charge on any atom is -0.462 e.